The van der Waals surface area contributed by atoms with Crippen LogP contribution in [0.4, 0.5) is 5.69 Å². The average molecular weight is 362 g/mol. The highest BCUT2D eigenvalue weighted by Crippen LogP contribution is 2.22. The predicted octanol–water partition coefficient (Wildman–Crippen LogP) is 4.44. The minimum Gasteiger partial charge on any atom is -0.326 e. The summed E-state index contributed by atoms with van der Waals surface area (Å²) in [4.78, 5) is 20.8. The molecule has 0 saturated heterocycles. The van der Waals surface area contributed by atoms with E-state index in [1.165, 1.54) is 4.70 Å². The second kappa shape index (κ2) is 7.49. The number of aromatic nitrogens is 3. The minimum atomic E-state index is 0.0292. The Morgan fingerprint density at radius 1 is 1.12 bits per heavy atom. The molecule has 0 spiro atoms. The number of para-hydroxylation sites is 1. The Morgan fingerprint density at radius 3 is 2.73 bits per heavy atom. The molecule has 0 atom stereocenters. The van der Waals surface area contributed by atoms with E-state index in [4.69, 9.17) is 0 Å². The lowest BCUT2D eigenvalue weighted by Crippen LogP contribution is -2.11. The third-order valence-electron chi connectivity index (χ3n) is 4.09. The zero-order valence-corrected chi connectivity index (χ0v) is 14.9. The molecule has 0 aliphatic heterocycles. The Balaban J connectivity index is 1.28. The van der Waals surface area contributed by atoms with E-state index in [-0.39, 0.29) is 5.91 Å². The maximum Gasteiger partial charge on any atom is 0.224 e. The van der Waals surface area contributed by atoms with Crippen molar-refractivity contribution in [1.29, 1.82) is 0 Å². The zero-order chi connectivity index (χ0) is 17.8. The lowest BCUT2D eigenvalue weighted by atomic mass is 10.2. The van der Waals surface area contributed by atoms with Crippen LogP contribution in [0.5, 0.6) is 0 Å². The first kappa shape index (κ1) is 16.5. The van der Waals surface area contributed by atoms with Crippen molar-refractivity contribution < 1.29 is 4.79 Å². The number of thiazole rings is 1. The molecule has 0 radical (unpaired) electrons. The molecule has 4 rings (SSSR count). The van der Waals surface area contributed by atoms with Crippen LogP contribution >= 0.6 is 11.3 Å². The molecule has 2 aromatic carbocycles. The quantitative estimate of drug-likeness (QED) is 0.551. The fourth-order valence-corrected chi connectivity index (χ4v) is 3.79. The summed E-state index contributed by atoms with van der Waals surface area (Å²) in [5.74, 6) is 0.0292. The van der Waals surface area contributed by atoms with Crippen molar-refractivity contribution in [2.75, 3.05) is 5.32 Å². The fraction of sp³-hybridized carbons (Fsp3) is 0.150. The van der Waals surface area contributed by atoms with Gasteiger partial charge >= 0.3 is 0 Å². The zero-order valence-electron chi connectivity index (χ0n) is 14.1. The van der Waals surface area contributed by atoms with E-state index in [0.717, 1.165) is 34.7 Å². The Labute approximate surface area is 155 Å². The van der Waals surface area contributed by atoms with Crippen molar-refractivity contribution >= 4 is 33.1 Å². The standard InChI is InChI=1S/C20H18N4OS/c25-19(6-3-7-20-23-17-4-1-2-5-18(17)26-20)22-15-8-10-16(11-9-15)24-13-12-21-14-24/h1-2,4-5,8-14H,3,6-7H2,(H,22,25). The van der Waals surface area contributed by atoms with Gasteiger partial charge in [-0.1, -0.05) is 12.1 Å². The molecule has 26 heavy (non-hydrogen) atoms. The van der Waals surface area contributed by atoms with Crippen molar-refractivity contribution in [3.63, 3.8) is 0 Å². The molecule has 0 aliphatic carbocycles. The van der Waals surface area contributed by atoms with Crippen molar-refractivity contribution in [1.82, 2.24) is 14.5 Å². The highest BCUT2D eigenvalue weighted by Gasteiger charge is 2.06. The van der Waals surface area contributed by atoms with Crippen LogP contribution in [0, 0.1) is 0 Å². The third kappa shape index (κ3) is 3.81. The first-order valence-electron chi connectivity index (χ1n) is 8.51. The molecule has 4 aromatic rings. The largest absolute Gasteiger partial charge is 0.326 e. The van der Waals surface area contributed by atoms with Gasteiger partial charge in [0.1, 0.15) is 0 Å². The molecule has 5 nitrogen and oxygen atoms in total. The highest BCUT2D eigenvalue weighted by molar-refractivity contribution is 7.18. The van der Waals surface area contributed by atoms with Crippen LogP contribution < -0.4 is 5.32 Å². The van der Waals surface area contributed by atoms with Gasteiger partial charge in [0.05, 0.1) is 21.6 Å². The summed E-state index contributed by atoms with van der Waals surface area (Å²) in [6, 6.07) is 15.8. The van der Waals surface area contributed by atoms with Crippen molar-refractivity contribution in [3.05, 3.63) is 72.3 Å². The number of fused-ring (bicyclic) bond motifs is 1. The topological polar surface area (TPSA) is 59.8 Å². The van der Waals surface area contributed by atoms with Crippen LogP contribution in [0.3, 0.4) is 0 Å². The van der Waals surface area contributed by atoms with Gasteiger partial charge < -0.3 is 9.88 Å². The number of carbonyl (C=O) groups excluding carboxylic acids is 1. The van der Waals surface area contributed by atoms with Gasteiger partial charge in [-0.3, -0.25) is 4.79 Å². The summed E-state index contributed by atoms with van der Waals surface area (Å²) in [6.07, 6.45) is 7.47. The molecule has 0 bridgehead atoms. The number of rotatable bonds is 6. The molecule has 1 N–H and O–H groups in total. The third-order valence-corrected chi connectivity index (χ3v) is 5.18. The number of amides is 1. The summed E-state index contributed by atoms with van der Waals surface area (Å²) < 4.78 is 3.12. The van der Waals surface area contributed by atoms with Crippen LogP contribution in [0.1, 0.15) is 17.8 Å². The number of nitrogens with one attached hydrogen (secondary N) is 1. The second-order valence-corrected chi connectivity index (χ2v) is 7.11. The van der Waals surface area contributed by atoms with Crippen LogP contribution in [0.25, 0.3) is 15.9 Å². The smallest absolute Gasteiger partial charge is 0.224 e. The molecule has 0 fully saturated rings. The van der Waals surface area contributed by atoms with Crippen LogP contribution in [-0.2, 0) is 11.2 Å². The molecule has 6 heteroatoms. The Morgan fingerprint density at radius 2 is 1.96 bits per heavy atom. The summed E-state index contributed by atoms with van der Waals surface area (Å²) >= 11 is 1.70. The molecule has 1 amide bonds. The highest BCUT2D eigenvalue weighted by atomic mass is 32.1. The van der Waals surface area contributed by atoms with Gasteiger partial charge in [0, 0.05) is 30.2 Å². The van der Waals surface area contributed by atoms with Crippen molar-refractivity contribution in [2.45, 2.75) is 19.3 Å². The summed E-state index contributed by atoms with van der Waals surface area (Å²) in [6.45, 7) is 0. The van der Waals surface area contributed by atoms with Gasteiger partial charge in [-0.25, -0.2) is 9.97 Å². The SMILES string of the molecule is O=C(CCCc1nc2ccccc2s1)Nc1ccc(-n2ccnc2)cc1. The van der Waals surface area contributed by atoms with E-state index in [1.54, 1.807) is 23.9 Å². The predicted molar refractivity (Wildman–Crippen MR) is 105 cm³/mol. The summed E-state index contributed by atoms with van der Waals surface area (Å²) in [5, 5.41) is 4.03. The van der Waals surface area contributed by atoms with Crippen molar-refractivity contribution in [2.24, 2.45) is 0 Å². The molecule has 130 valence electrons. The molecular weight excluding hydrogens is 344 g/mol. The molecule has 0 saturated carbocycles. The maximum absolute atomic E-state index is 12.1. The van der Waals surface area contributed by atoms with Gasteiger partial charge in [-0.05, 0) is 49.2 Å². The Bertz CT molecular complexity index is 973. The lowest BCUT2D eigenvalue weighted by molar-refractivity contribution is -0.116. The molecule has 0 unspecified atom stereocenters. The number of carbonyl (C=O) groups is 1. The number of benzene rings is 2. The first-order valence-corrected chi connectivity index (χ1v) is 9.32. The maximum atomic E-state index is 12.1. The van der Waals surface area contributed by atoms with Crippen LogP contribution in [-0.4, -0.2) is 20.4 Å². The van der Waals surface area contributed by atoms with E-state index in [9.17, 15) is 4.79 Å². The van der Waals surface area contributed by atoms with E-state index in [1.807, 2.05) is 53.2 Å². The van der Waals surface area contributed by atoms with Crippen LogP contribution in [0.15, 0.2) is 67.3 Å². The number of nitrogens with zero attached hydrogens (tertiary/aromatic N) is 3. The molecule has 2 heterocycles. The fourth-order valence-electron chi connectivity index (χ4n) is 2.78. The lowest BCUT2D eigenvalue weighted by Gasteiger charge is -2.07. The number of aryl methyl sites for hydroxylation is 1. The molecule has 0 aliphatic rings. The summed E-state index contributed by atoms with van der Waals surface area (Å²) in [7, 11) is 0. The minimum absolute atomic E-state index is 0.0292. The number of imidazole rings is 1. The first-order chi connectivity index (χ1) is 12.8. The van der Waals surface area contributed by atoms with Gasteiger partial charge in [0.25, 0.3) is 0 Å². The van der Waals surface area contributed by atoms with Gasteiger partial charge in [-0.2, -0.15) is 0 Å². The van der Waals surface area contributed by atoms with E-state index in [0.29, 0.717) is 6.42 Å². The van der Waals surface area contributed by atoms with Gasteiger partial charge in [0.2, 0.25) is 5.91 Å². The number of anilines is 1. The normalized spacial score (nSPS) is 10.9. The Kier molecular flexibility index (Phi) is 4.75. The number of hydrogen-bond acceptors (Lipinski definition) is 4. The number of hydrogen-bond donors (Lipinski definition) is 1. The second-order valence-electron chi connectivity index (χ2n) is 5.99. The monoisotopic (exact) mass is 362 g/mol. The molecule has 2 aromatic heterocycles. The van der Waals surface area contributed by atoms with Crippen molar-refractivity contribution in [3.8, 4) is 5.69 Å². The molecular formula is C20H18N4OS. The average Bonchev–Trinajstić information content (AvgIpc) is 3.32. The van der Waals surface area contributed by atoms with Gasteiger partial charge in [-0.15, -0.1) is 11.3 Å². The van der Waals surface area contributed by atoms with Gasteiger partial charge in [0.15, 0.2) is 0 Å². The van der Waals surface area contributed by atoms with E-state index in [2.05, 4.69) is 21.4 Å². The van der Waals surface area contributed by atoms with Crippen LogP contribution in [0.2, 0.25) is 0 Å². The Hall–Kier alpha value is -2.99. The van der Waals surface area contributed by atoms with E-state index < -0.39 is 0 Å². The van der Waals surface area contributed by atoms with E-state index >= 15 is 0 Å². The summed E-state index contributed by atoms with van der Waals surface area (Å²) in [5.41, 5.74) is 2.85.